The third-order valence-corrected chi connectivity index (χ3v) is 3.90. The van der Waals surface area contributed by atoms with Gasteiger partial charge in [0.05, 0.1) is 19.8 Å². The lowest BCUT2D eigenvalue weighted by Crippen LogP contribution is -2.30. The minimum Gasteiger partial charge on any atom is -0.490 e. The zero-order valence-electron chi connectivity index (χ0n) is 16.0. The van der Waals surface area contributed by atoms with E-state index in [9.17, 15) is 8.78 Å². The van der Waals surface area contributed by atoms with E-state index in [1.807, 2.05) is 25.1 Å². The third kappa shape index (κ3) is 7.22. The molecule has 2 aromatic rings. The predicted octanol–water partition coefficient (Wildman–Crippen LogP) is 4.64. The molecule has 0 fully saturated rings. The summed E-state index contributed by atoms with van der Waals surface area (Å²) >= 11 is 0. The van der Waals surface area contributed by atoms with E-state index in [1.165, 1.54) is 6.07 Å². The SMILES string of the molecule is CCNC(=NCc1cccc(OC(F)F)c1)Nc1ccc2c(c1)OCCCO2.I. The van der Waals surface area contributed by atoms with Crippen molar-refractivity contribution in [3.8, 4) is 17.2 Å². The van der Waals surface area contributed by atoms with Crippen molar-refractivity contribution in [3.05, 3.63) is 48.0 Å². The number of aliphatic imine (C=N–C) groups is 1. The Balaban J connectivity index is 0.00000300. The van der Waals surface area contributed by atoms with Crippen LogP contribution in [0, 0.1) is 0 Å². The molecule has 2 N–H and O–H groups in total. The summed E-state index contributed by atoms with van der Waals surface area (Å²) in [5.74, 6) is 2.09. The minimum absolute atomic E-state index is 0. The molecule has 158 valence electrons. The number of hydrogen-bond acceptors (Lipinski definition) is 4. The maximum atomic E-state index is 12.4. The Kier molecular flexibility index (Phi) is 9.23. The van der Waals surface area contributed by atoms with Crippen LogP contribution in [0.15, 0.2) is 47.5 Å². The number of alkyl halides is 2. The summed E-state index contributed by atoms with van der Waals surface area (Å²) < 4.78 is 40.5. The second-order valence-corrected chi connectivity index (χ2v) is 6.06. The zero-order valence-corrected chi connectivity index (χ0v) is 18.3. The first-order valence-electron chi connectivity index (χ1n) is 9.13. The van der Waals surface area contributed by atoms with Crippen molar-refractivity contribution in [2.75, 3.05) is 25.1 Å². The molecule has 1 aliphatic heterocycles. The molecule has 29 heavy (non-hydrogen) atoms. The van der Waals surface area contributed by atoms with E-state index in [0.29, 0.717) is 38.0 Å². The van der Waals surface area contributed by atoms with Crippen molar-refractivity contribution in [3.63, 3.8) is 0 Å². The molecular formula is C20H24F2IN3O3. The fraction of sp³-hybridized carbons (Fsp3) is 0.350. The molecule has 0 saturated carbocycles. The lowest BCUT2D eigenvalue weighted by atomic mass is 10.2. The van der Waals surface area contributed by atoms with E-state index in [4.69, 9.17) is 9.47 Å². The Morgan fingerprint density at radius 3 is 2.69 bits per heavy atom. The predicted molar refractivity (Wildman–Crippen MR) is 119 cm³/mol. The quantitative estimate of drug-likeness (QED) is 0.331. The van der Waals surface area contributed by atoms with Gasteiger partial charge in [0.1, 0.15) is 5.75 Å². The van der Waals surface area contributed by atoms with Crippen LogP contribution >= 0.6 is 24.0 Å². The molecule has 0 aromatic heterocycles. The number of nitrogens with zero attached hydrogens (tertiary/aromatic N) is 1. The summed E-state index contributed by atoms with van der Waals surface area (Å²) in [6.07, 6.45) is 0.843. The molecule has 3 rings (SSSR count). The summed E-state index contributed by atoms with van der Waals surface area (Å²) in [6.45, 7) is 1.34. The van der Waals surface area contributed by atoms with Gasteiger partial charge >= 0.3 is 6.61 Å². The number of rotatable bonds is 6. The largest absolute Gasteiger partial charge is 0.490 e. The molecule has 9 heteroatoms. The number of benzene rings is 2. The van der Waals surface area contributed by atoms with Crippen molar-refractivity contribution in [1.29, 1.82) is 0 Å². The highest BCUT2D eigenvalue weighted by atomic mass is 127. The van der Waals surface area contributed by atoms with Crippen LogP contribution in [0.5, 0.6) is 17.2 Å². The van der Waals surface area contributed by atoms with Gasteiger partial charge in [-0.05, 0) is 36.8 Å². The smallest absolute Gasteiger partial charge is 0.387 e. The van der Waals surface area contributed by atoms with Crippen molar-refractivity contribution in [1.82, 2.24) is 5.32 Å². The summed E-state index contributed by atoms with van der Waals surface area (Å²) in [4.78, 5) is 4.51. The molecular weight excluding hydrogens is 495 g/mol. The van der Waals surface area contributed by atoms with Crippen molar-refractivity contribution in [2.24, 2.45) is 4.99 Å². The highest BCUT2D eigenvalue weighted by Crippen LogP contribution is 2.32. The normalized spacial score (nSPS) is 13.3. The molecule has 1 aliphatic rings. The number of ether oxygens (including phenoxy) is 3. The second-order valence-electron chi connectivity index (χ2n) is 6.06. The van der Waals surface area contributed by atoms with Crippen molar-refractivity contribution < 1.29 is 23.0 Å². The maximum Gasteiger partial charge on any atom is 0.387 e. The van der Waals surface area contributed by atoms with E-state index in [0.717, 1.165) is 23.4 Å². The Morgan fingerprint density at radius 2 is 1.93 bits per heavy atom. The van der Waals surface area contributed by atoms with E-state index in [2.05, 4.69) is 20.4 Å². The van der Waals surface area contributed by atoms with Gasteiger partial charge in [-0.25, -0.2) is 4.99 Å². The molecule has 0 atom stereocenters. The summed E-state index contributed by atoms with van der Waals surface area (Å²) in [6, 6.07) is 12.1. The van der Waals surface area contributed by atoms with Crippen LogP contribution in [-0.2, 0) is 6.54 Å². The number of anilines is 1. The summed E-state index contributed by atoms with van der Waals surface area (Å²) in [5, 5.41) is 6.38. The first-order valence-corrected chi connectivity index (χ1v) is 9.13. The molecule has 0 aliphatic carbocycles. The molecule has 2 aromatic carbocycles. The molecule has 6 nitrogen and oxygen atoms in total. The first kappa shape index (κ1) is 23.0. The van der Waals surface area contributed by atoms with Gasteiger partial charge in [0, 0.05) is 24.7 Å². The van der Waals surface area contributed by atoms with Gasteiger partial charge in [0.15, 0.2) is 17.5 Å². The zero-order chi connectivity index (χ0) is 19.8. The van der Waals surface area contributed by atoms with Crippen molar-refractivity contribution >= 4 is 35.6 Å². The molecule has 0 spiro atoms. The topological polar surface area (TPSA) is 64.1 Å². The van der Waals surface area contributed by atoms with Crippen LogP contribution < -0.4 is 24.8 Å². The Morgan fingerprint density at radius 1 is 1.14 bits per heavy atom. The van der Waals surface area contributed by atoms with Gasteiger partial charge in [0.25, 0.3) is 0 Å². The average Bonchev–Trinajstić information content (AvgIpc) is 2.91. The molecule has 0 bridgehead atoms. The Labute approximate surface area is 185 Å². The second kappa shape index (κ2) is 11.6. The lowest BCUT2D eigenvalue weighted by molar-refractivity contribution is -0.0498. The van der Waals surface area contributed by atoms with Gasteiger partial charge in [-0.1, -0.05) is 12.1 Å². The van der Waals surface area contributed by atoms with E-state index in [-0.39, 0.29) is 29.7 Å². The van der Waals surface area contributed by atoms with Crippen LogP contribution in [0.3, 0.4) is 0 Å². The maximum absolute atomic E-state index is 12.4. The molecule has 0 unspecified atom stereocenters. The fourth-order valence-electron chi connectivity index (χ4n) is 2.68. The van der Waals surface area contributed by atoms with Gasteiger partial charge in [-0.2, -0.15) is 8.78 Å². The van der Waals surface area contributed by atoms with Crippen LogP contribution in [0.4, 0.5) is 14.5 Å². The van der Waals surface area contributed by atoms with Gasteiger partial charge < -0.3 is 24.8 Å². The van der Waals surface area contributed by atoms with E-state index >= 15 is 0 Å². The number of guanidine groups is 1. The first-order chi connectivity index (χ1) is 13.6. The summed E-state index contributed by atoms with van der Waals surface area (Å²) in [5.41, 5.74) is 1.56. The fourth-order valence-corrected chi connectivity index (χ4v) is 2.68. The van der Waals surface area contributed by atoms with Crippen LogP contribution in [-0.4, -0.2) is 32.3 Å². The molecule has 0 radical (unpaired) electrons. The average molecular weight is 519 g/mol. The Hall–Kier alpha value is -2.30. The molecule has 0 saturated heterocycles. The molecule has 1 heterocycles. The van der Waals surface area contributed by atoms with Gasteiger partial charge in [-0.15, -0.1) is 24.0 Å². The number of fused-ring (bicyclic) bond motifs is 1. The number of halogens is 3. The highest BCUT2D eigenvalue weighted by molar-refractivity contribution is 14.0. The standard InChI is InChI=1S/C20H23F2N3O3.HI/c1-2-23-20(24-13-14-5-3-6-16(11-14)28-19(21)22)25-15-7-8-17-18(12-15)27-10-4-9-26-17;/h3,5-8,11-12,19H,2,4,9-10,13H2,1H3,(H2,23,24,25);1H. The number of nitrogens with one attached hydrogen (secondary N) is 2. The van der Waals surface area contributed by atoms with Crippen molar-refractivity contribution in [2.45, 2.75) is 26.5 Å². The summed E-state index contributed by atoms with van der Waals surface area (Å²) in [7, 11) is 0. The van der Waals surface area contributed by atoms with Crippen LogP contribution in [0.25, 0.3) is 0 Å². The number of hydrogen-bond donors (Lipinski definition) is 2. The minimum atomic E-state index is -2.85. The van der Waals surface area contributed by atoms with E-state index in [1.54, 1.807) is 18.2 Å². The van der Waals surface area contributed by atoms with Gasteiger partial charge in [-0.3, -0.25) is 0 Å². The van der Waals surface area contributed by atoms with Crippen LogP contribution in [0.2, 0.25) is 0 Å². The Bertz CT molecular complexity index is 821. The van der Waals surface area contributed by atoms with E-state index < -0.39 is 6.61 Å². The lowest BCUT2D eigenvalue weighted by Gasteiger charge is -2.14. The molecule has 0 amide bonds. The third-order valence-electron chi connectivity index (χ3n) is 3.90. The monoisotopic (exact) mass is 519 g/mol. The van der Waals surface area contributed by atoms with Crippen LogP contribution in [0.1, 0.15) is 18.9 Å². The highest BCUT2D eigenvalue weighted by Gasteiger charge is 2.11. The van der Waals surface area contributed by atoms with Gasteiger partial charge in [0.2, 0.25) is 0 Å².